The van der Waals surface area contributed by atoms with Gasteiger partial charge in [0.25, 0.3) is 0 Å². The molecule has 3 heterocycles. The van der Waals surface area contributed by atoms with Crippen LogP contribution in [-0.4, -0.2) is 20.3 Å². The highest BCUT2D eigenvalue weighted by molar-refractivity contribution is 7.18. The summed E-state index contributed by atoms with van der Waals surface area (Å²) in [5, 5.41) is 22.0. The zero-order valence-corrected chi connectivity index (χ0v) is 14.9. The second-order valence-electron chi connectivity index (χ2n) is 5.76. The van der Waals surface area contributed by atoms with Crippen molar-refractivity contribution in [1.29, 1.82) is 0 Å². The Morgan fingerprint density at radius 2 is 2.04 bits per heavy atom. The molecular formula is C18H13FN4O3S. The van der Waals surface area contributed by atoms with Crippen LogP contribution < -0.4 is 10.9 Å². The Balaban J connectivity index is 1.74. The summed E-state index contributed by atoms with van der Waals surface area (Å²) in [5.41, 5.74) is 1.77. The number of aromatic nitrogens is 3. The first-order chi connectivity index (χ1) is 13.0. The molecule has 9 heteroatoms. The molecule has 2 N–H and O–H groups in total. The summed E-state index contributed by atoms with van der Waals surface area (Å²) in [7, 11) is 0. The summed E-state index contributed by atoms with van der Waals surface area (Å²) in [6.45, 7) is 1.49. The molecule has 3 aromatic heterocycles. The number of aliphatic hydroxyl groups is 1. The Morgan fingerprint density at radius 3 is 2.78 bits per heavy atom. The molecule has 0 atom stereocenters. The minimum absolute atomic E-state index is 0.232. The molecule has 27 heavy (non-hydrogen) atoms. The molecule has 0 aliphatic rings. The molecule has 0 bridgehead atoms. The van der Waals surface area contributed by atoms with Crippen molar-refractivity contribution in [2.24, 2.45) is 0 Å². The number of aliphatic hydroxyl groups excluding tert-OH is 1. The fourth-order valence-corrected chi connectivity index (χ4v) is 3.36. The number of pyridine rings is 1. The van der Waals surface area contributed by atoms with Gasteiger partial charge in [0.15, 0.2) is 10.6 Å². The molecule has 0 spiro atoms. The lowest BCUT2D eigenvalue weighted by Crippen LogP contribution is -2.05. The summed E-state index contributed by atoms with van der Waals surface area (Å²) >= 11 is 1.16. The van der Waals surface area contributed by atoms with Crippen LogP contribution in [0.15, 0.2) is 45.7 Å². The van der Waals surface area contributed by atoms with Crippen LogP contribution in [0.3, 0.4) is 0 Å². The zero-order chi connectivity index (χ0) is 19.0. The Hall–Kier alpha value is -3.17. The van der Waals surface area contributed by atoms with E-state index in [0.717, 1.165) is 11.3 Å². The number of anilines is 2. The average molecular weight is 384 g/mol. The average Bonchev–Trinajstić information content (AvgIpc) is 3.12. The largest absolute Gasteiger partial charge is 0.420 e. The number of halogens is 1. The van der Waals surface area contributed by atoms with Gasteiger partial charge < -0.3 is 14.8 Å². The van der Waals surface area contributed by atoms with E-state index in [1.807, 2.05) is 0 Å². The third-order valence-electron chi connectivity index (χ3n) is 3.96. The van der Waals surface area contributed by atoms with Crippen LogP contribution in [0, 0.1) is 12.7 Å². The normalized spacial score (nSPS) is 11.1. The monoisotopic (exact) mass is 384 g/mol. The minimum atomic E-state index is -0.563. The van der Waals surface area contributed by atoms with Gasteiger partial charge in [-0.2, -0.15) is 0 Å². The highest BCUT2D eigenvalue weighted by atomic mass is 32.1. The first kappa shape index (κ1) is 17.3. The summed E-state index contributed by atoms with van der Waals surface area (Å²) in [5.74, 6) is -0.336. The van der Waals surface area contributed by atoms with Gasteiger partial charge in [0.2, 0.25) is 5.13 Å². The van der Waals surface area contributed by atoms with Gasteiger partial charge in [-0.3, -0.25) is 4.98 Å². The lowest BCUT2D eigenvalue weighted by Gasteiger charge is -2.05. The molecule has 0 aliphatic carbocycles. The van der Waals surface area contributed by atoms with Crippen LogP contribution in [0.2, 0.25) is 0 Å². The number of fused-ring (bicyclic) bond motifs is 1. The molecule has 0 unspecified atom stereocenters. The molecule has 0 fully saturated rings. The molecule has 0 saturated carbocycles. The van der Waals surface area contributed by atoms with Crippen LogP contribution in [0.25, 0.3) is 21.5 Å². The van der Waals surface area contributed by atoms with Gasteiger partial charge in [-0.15, -0.1) is 10.2 Å². The molecule has 0 saturated heterocycles. The van der Waals surface area contributed by atoms with Crippen molar-refractivity contribution >= 4 is 33.1 Å². The van der Waals surface area contributed by atoms with Crippen LogP contribution in [0.4, 0.5) is 15.2 Å². The first-order valence-corrected chi connectivity index (χ1v) is 8.76. The topological polar surface area (TPSA) is 101 Å². The van der Waals surface area contributed by atoms with Gasteiger partial charge in [-0.25, -0.2) is 9.18 Å². The number of hydrogen-bond donors (Lipinski definition) is 2. The lowest BCUT2D eigenvalue weighted by atomic mass is 10.1. The van der Waals surface area contributed by atoms with E-state index < -0.39 is 5.63 Å². The molecule has 4 aromatic rings. The van der Waals surface area contributed by atoms with Crippen LogP contribution in [-0.2, 0) is 6.61 Å². The number of nitrogens with one attached hydrogen (secondary N) is 1. The second-order valence-corrected chi connectivity index (χ2v) is 6.74. The van der Waals surface area contributed by atoms with E-state index in [1.54, 1.807) is 31.3 Å². The molecular weight excluding hydrogens is 371 g/mol. The molecule has 0 aliphatic heterocycles. The molecule has 1 aromatic carbocycles. The Bertz CT molecular complexity index is 1190. The predicted molar refractivity (Wildman–Crippen MR) is 99.5 cm³/mol. The molecule has 0 radical (unpaired) electrons. The van der Waals surface area contributed by atoms with Gasteiger partial charge in [-0.1, -0.05) is 11.3 Å². The van der Waals surface area contributed by atoms with E-state index >= 15 is 0 Å². The maximum Gasteiger partial charge on any atom is 0.346 e. The zero-order valence-electron chi connectivity index (χ0n) is 14.1. The van der Waals surface area contributed by atoms with Gasteiger partial charge >= 0.3 is 5.63 Å². The standard InChI is InChI=1S/C18H13FN4O3S/c1-9-15-13(10(8-24)7-20-9)6-14(17(25)26-15)16-22-23-18(27-16)21-12-4-2-11(19)3-5-12/h2-7,24H,8H2,1H3,(H,21,23). The number of benzene rings is 1. The summed E-state index contributed by atoms with van der Waals surface area (Å²) in [6, 6.07) is 7.43. The maximum absolute atomic E-state index is 13.0. The first-order valence-electron chi connectivity index (χ1n) is 7.95. The van der Waals surface area contributed by atoms with E-state index in [4.69, 9.17) is 4.42 Å². The molecule has 0 amide bonds. The Kier molecular flexibility index (Phi) is 4.38. The minimum Gasteiger partial charge on any atom is -0.420 e. The van der Waals surface area contributed by atoms with Crippen molar-refractivity contribution in [3.63, 3.8) is 0 Å². The predicted octanol–water partition coefficient (Wildman–Crippen LogP) is 3.39. The summed E-state index contributed by atoms with van der Waals surface area (Å²) in [6.07, 6.45) is 1.54. The van der Waals surface area contributed by atoms with Gasteiger partial charge in [0, 0.05) is 22.8 Å². The van der Waals surface area contributed by atoms with Crippen LogP contribution in [0.5, 0.6) is 0 Å². The van der Waals surface area contributed by atoms with Gasteiger partial charge in [0.05, 0.1) is 17.9 Å². The fourth-order valence-electron chi connectivity index (χ4n) is 2.60. The van der Waals surface area contributed by atoms with E-state index in [9.17, 15) is 14.3 Å². The molecule has 4 rings (SSSR count). The van der Waals surface area contributed by atoms with E-state index in [0.29, 0.717) is 38.1 Å². The lowest BCUT2D eigenvalue weighted by molar-refractivity contribution is 0.282. The SMILES string of the molecule is Cc1ncc(CO)c2cc(-c3nnc(Nc4ccc(F)cc4)s3)c(=O)oc12. The molecule has 7 nitrogen and oxygen atoms in total. The van der Waals surface area contributed by atoms with Crippen molar-refractivity contribution in [2.45, 2.75) is 13.5 Å². The van der Waals surface area contributed by atoms with Crippen molar-refractivity contribution in [3.8, 4) is 10.6 Å². The highest BCUT2D eigenvalue weighted by Crippen LogP contribution is 2.29. The Labute approximate surface area is 156 Å². The van der Waals surface area contributed by atoms with Crippen molar-refractivity contribution in [3.05, 3.63) is 64.0 Å². The van der Waals surface area contributed by atoms with E-state index in [-0.39, 0.29) is 18.0 Å². The fraction of sp³-hybridized carbons (Fsp3) is 0.111. The van der Waals surface area contributed by atoms with Gasteiger partial charge in [0.1, 0.15) is 5.82 Å². The van der Waals surface area contributed by atoms with Crippen LogP contribution in [0.1, 0.15) is 11.3 Å². The van der Waals surface area contributed by atoms with Crippen molar-refractivity contribution in [1.82, 2.24) is 15.2 Å². The van der Waals surface area contributed by atoms with E-state index in [1.165, 1.54) is 12.1 Å². The van der Waals surface area contributed by atoms with Crippen molar-refractivity contribution < 1.29 is 13.9 Å². The number of hydrogen-bond acceptors (Lipinski definition) is 8. The van der Waals surface area contributed by atoms with Crippen molar-refractivity contribution in [2.75, 3.05) is 5.32 Å². The number of nitrogens with zero attached hydrogens (tertiary/aromatic N) is 3. The molecule has 136 valence electrons. The smallest absolute Gasteiger partial charge is 0.346 e. The van der Waals surface area contributed by atoms with E-state index in [2.05, 4.69) is 20.5 Å². The second kappa shape index (κ2) is 6.86. The highest BCUT2D eigenvalue weighted by Gasteiger charge is 2.16. The third-order valence-corrected chi connectivity index (χ3v) is 4.83. The number of rotatable bonds is 4. The Morgan fingerprint density at radius 1 is 1.26 bits per heavy atom. The summed E-state index contributed by atoms with van der Waals surface area (Å²) in [4.78, 5) is 16.5. The van der Waals surface area contributed by atoms with Crippen LogP contribution >= 0.6 is 11.3 Å². The third kappa shape index (κ3) is 3.29. The summed E-state index contributed by atoms with van der Waals surface area (Å²) < 4.78 is 18.4. The van der Waals surface area contributed by atoms with Gasteiger partial charge in [-0.05, 0) is 37.3 Å². The number of aryl methyl sites for hydroxylation is 1. The maximum atomic E-state index is 13.0. The quantitative estimate of drug-likeness (QED) is 0.556.